The minimum atomic E-state index is 0.611. The molecule has 0 unspecified atom stereocenters. The first kappa shape index (κ1) is 4.47. The van der Waals surface area contributed by atoms with Crippen LogP contribution in [-0.4, -0.2) is 12.4 Å². The van der Waals surface area contributed by atoms with Gasteiger partial charge in [0.25, 0.3) is 0 Å². The molecule has 1 rings (SSSR count). The Hall–Kier alpha value is 0.310. The van der Waals surface area contributed by atoms with Crippen LogP contribution in [0.3, 0.4) is 0 Å². The molecule has 2 heteroatoms. The zero-order valence-corrected chi connectivity index (χ0v) is 4.62. The zero-order valence-electron chi connectivity index (χ0n) is 3.81. The van der Waals surface area contributed by atoms with Crippen LogP contribution < -0.4 is 0 Å². The number of hydrogen-bond donors (Lipinski definition) is 0. The first-order valence-electron chi connectivity index (χ1n) is 2.13. The molecule has 36 valence electrons. The first-order valence-corrected chi connectivity index (χ1v) is 3.28. The average molecular weight is 104 g/mol. The second kappa shape index (κ2) is 1.85. The van der Waals surface area contributed by atoms with Gasteiger partial charge in [0.15, 0.2) is 0 Å². The third-order valence-corrected chi connectivity index (χ3v) is 1.22. The molecule has 1 aliphatic rings. The Bertz CT molecular complexity index is 42.8. The highest BCUT2D eigenvalue weighted by molar-refractivity contribution is 7.93. The summed E-state index contributed by atoms with van der Waals surface area (Å²) in [6.07, 6.45) is 5.12. The van der Waals surface area contributed by atoms with E-state index >= 15 is 0 Å². The molecule has 0 atom stereocenters. The molecular formula is C4H8OS. The van der Waals surface area contributed by atoms with Gasteiger partial charge in [-0.2, -0.15) is 0 Å². The van der Waals surface area contributed by atoms with Gasteiger partial charge in [0.1, 0.15) is 0 Å². The topological polar surface area (TPSA) is 9.23 Å². The fourth-order valence-electron chi connectivity index (χ4n) is 0.300. The van der Waals surface area contributed by atoms with E-state index in [1.165, 1.54) is 24.9 Å². The number of rotatable bonds is 2. The molecule has 6 heavy (non-hydrogen) atoms. The standard InChI is InChI=1S/C4H8OS/c1-6-5-4-2-3-4/h4H,2-3H2,1H3. The number of hydrogen-bond acceptors (Lipinski definition) is 2. The van der Waals surface area contributed by atoms with Crippen molar-refractivity contribution in [2.45, 2.75) is 18.9 Å². The molecule has 1 nitrogen and oxygen atoms in total. The molecule has 0 saturated heterocycles. The van der Waals surface area contributed by atoms with Gasteiger partial charge in [-0.25, -0.2) is 0 Å². The predicted molar refractivity (Wildman–Crippen MR) is 27.6 cm³/mol. The molecule has 0 bridgehead atoms. The predicted octanol–water partition coefficient (Wildman–Crippen LogP) is 1.44. The van der Waals surface area contributed by atoms with Crippen LogP contribution >= 0.6 is 12.0 Å². The Morgan fingerprint density at radius 2 is 2.33 bits per heavy atom. The van der Waals surface area contributed by atoms with Gasteiger partial charge in [0.2, 0.25) is 0 Å². The summed E-state index contributed by atoms with van der Waals surface area (Å²) in [7, 11) is 0. The molecule has 0 aromatic heterocycles. The molecule has 1 aliphatic carbocycles. The lowest BCUT2D eigenvalue weighted by molar-refractivity contribution is 0.362. The van der Waals surface area contributed by atoms with Crippen molar-refractivity contribution in [3.8, 4) is 0 Å². The molecule has 0 radical (unpaired) electrons. The molecule has 0 aromatic carbocycles. The molecule has 0 amide bonds. The van der Waals surface area contributed by atoms with Crippen molar-refractivity contribution < 1.29 is 4.18 Å². The highest BCUT2D eigenvalue weighted by Gasteiger charge is 2.21. The van der Waals surface area contributed by atoms with E-state index in [-0.39, 0.29) is 0 Å². The summed E-state index contributed by atoms with van der Waals surface area (Å²) in [5, 5.41) is 0. The van der Waals surface area contributed by atoms with Crippen LogP contribution in [-0.2, 0) is 4.18 Å². The molecular weight excluding hydrogens is 96.1 g/mol. The average Bonchev–Trinajstić information content (AvgIpc) is 2.21. The summed E-state index contributed by atoms with van der Waals surface area (Å²) in [4.78, 5) is 0. The third kappa shape index (κ3) is 1.19. The lowest BCUT2D eigenvalue weighted by Crippen LogP contribution is -1.77. The quantitative estimate of drug-likeness (QED) is 0.490. The van der Waals surface area contributed by atoms with E-state index < -0.39 is 0 Å². The zero-order chi connectivity index (χ0) is 4.41. The Kier molecular flexibility index (Phi) is 1.37. The monoisotopic (exact) mass is 104 g/mol. The van der Waals surface area contributed by atoms with E-state index in [1.807, 2.05) is 6.26 Å². The van der Waals surface area contributed by atoms with E-state index in [9.17, 15) is 0 Å². The maximum absolute atomic E-state index is 5.07. The fourth-order valence-corrected chi connectivity index (χ4v) is 0.765. The molecule has 0 N–H and O–H groups in total. The van der Waals surface area contributed by atoms with Crippen LogP contribution in [0.15, 0.2) is 0 Å². The summed E-state index contributed by atoms with van der Waals surface area (Å²) in [6, 6.07) is 0. The van der Waals surface area contributed by atoms with Crippen molar-refractivity contribution in [3.63, 3.8) is 0 Å². The van der Waals surface area contributed by atoms with E-state index in [0.29, 0.717) is 6.10 Å². The first-order chi connectivity index (χ1) is 2.93. The summed E-state index contributed by atoms with van der Waals surface area (Å²) in [5.74, 6) is 0. The minimum absolute atomic E-state index is 0.611. The minimum Gasteiger partial charge on any atom is -0.312 e. The van der Waals surface area contributed by atoms with E-state index in [2.05, 4.69) is 0 Å². The Balaban J connectivity index is 1.88. The second-order valence-corrected chi connectivity index (χ2v) is 1.99. The third-order valence-electron chi connectivity index (χ3n) is 0.757. The van der Waals surface area contributed by atoms with Crippen molar-refractivity contribution >= 4 is 12.0 Å². The highest BCUT2D eigenvalue weighted by Crippen LogP contribution is 2.26. The van der Waals surface area contributed by atoms with Crippen LogP contribution in [0, 0.1) is 0 Å². The summed E-state index contributed by atoms with van der Waals surface area (Å²) in [5.41, 5.74) is 0. The van der Waals surface area contributed by atoms with Gasteiger partial charge in [-0.05, 0) is 24.9 Å². The highest BCUT2D eigenvalue weighted by atomic mass is 32.2. The van der Waals surface area contributed by atoms with Gasteiger partial charge in [0, 0.05) is 6.26 Å². The molecule has 1 saturated carbocycles. The Morgan fingerprint density at radius 3 is 2.50 bits per heavy atom. The maximum Gasteiger partial charge on any atom is 0.0724 e. The van der Waals surface area contributed by atoms with Crippen molar-refractivity contribution in [2.75, 3.05) is 6.26 Å². The maximum atomic E-state index is 5.07. The van der Waals surface area contributed by atoms with E-state index in [4.69, 9.17) is 4.18 Å². The summed E-state index contributed by atoms with van der Waals surface area (Å²) < 4.78 is 5.07. The van der Waals surface area contributed by atoms with Gasteiger partial charge >= 0.3 is 0 Å². The van der Waals surface area contributed by atoms with Crippen molar-refractivity contribution in [3.05, 3.63) is 0 Å². The Morgan fingerprint density at radius 1 is 1.67 bits per heavy atom. The fraction of sp³-hybridized carbons (Fsp3) is 1.00. The van der Waals surface area contributed by atoms with Crippen LogP contribution in [0.4, 0.5) is 0 Å². The largest absolute Gasteiger partial charge is 0.312 e. The molecule has 0 heterocycles. The summed E-state index contributed by atoms with van der Waals surface area (Å²) >= 11 is 1.47. The normalized spacial score (nSPS) is 21.5. The van der Waals surface area contributed by atoms with E-state index in [0.717, 1.165) is 0 Å². The molecule has 0 spiro atoms. The van der Waals surface area contributed by atoms with Gasteiger partial charge in [-0.15, -0.1) is 0 Å². The van der Waals surface area contributed by atoms with Crippen molar-refractivity contribution in [1.82, 2.24) is 0 Å². The SMILES string of the molecule is CSOC1CC1. The van der Waals surface area contributed by atoms with Crippen molar-refractivity contribution in [2.24, 2.45) is 0 Å². The van der Waals surface area contributed by atoms with Gasteiger partial charge in [-0.3, -0.25) is 0 Å². The summed E-state index contributed by atoms with van der Waals surface area (Å²) in [6.45, 7) is 0. The molecule has 1 fully saturated rings. The lowest BCUT2D eigenvalue weighted by atomic mass is 10.9. The van der Waals surface area contributed by atoms with Crippen LogP contribution in [0.25, 0.3) is 0 Å². The van der Waals surface area contributed by atoms with Crippen molar-refractivity contribution in [1.29, 1.82) is 0 Å². The lowest BCUT2D eigenvalue weighted by Gasteiger charge is -1.87. The second-order valence-electron chi connectivity index (χ2n) is 1.46. The van der Waals surface area contributed by atoms with Gasteiger partial charge < -0.3 is 4.18 Å². The molecule has 0 aliphatic heterocycles. The van der Waals surface area contributed by atoms with Gasteiger partial charge in [0.05, 0.1) is 6.10 Å². The van der Waals surface area contributed by atoms with Crippen LogP contribution in [0.5, 0.6) is 0 Å². The van der Waals surface area contributed by atoms with Crippen LogP contribution in [0.2, 0.25) is 0 Å². The van der Waals surface area contributed by atoms with E-state index in [1.54, 1.807) is 0 Å². The smallest absolute Gasteiger partial charge is 0.0724 e. The molecule has 0 aromatic rings. The van der Waals surface area contributed by atoms with Crippen LogP contribution in [0.1, 0.15) is 12.8 Å². The van der Waals surface area contributed by atoms with Gasteiger partial charge in [-0.1, -0.05) is 0 Å². The Labute approximate surface area is 42.3 Å².